The van der Waals surface area contributed by atoms with Crippen molar-refractivity contribution >= 4 is 0 Å². The minimum Gasteiger partial charge on any atom is -0.377 e. The Kier molecular flexibility index (Phi) is 1.89. The third-order valence-corrected chi connectivity index (χ3v) is 2.73. The average molecular weight is 162 g/mol. The molecule has 0 saturated carbocycles. The van der Waals surface area contributed by atoms with E-state index in [9.17, 15) is 0 Å². The molecule has 0 spiro atoms. The molecular weight excluding hydrogens is 148 g/mol. The molecule has 0 amide bonds. The molecule has 12 heavy (non-hydrogen) atoms. The molecule has 64 valence electrons. The molecule has 0 saturated heterocycles. The maximum atomic E-state index is 5.41. The predicted octanol–water partition coefficient (Wildman–Crippen LogP) is 2.88. The number of benzene rings is 1. The summed E-state index contributed by atoms with van der Waals surface area (Å²) in [6.45, 7) is 2.26. The van der Waals surface area contributed by atoms with Gasteiger partial charge in [0.25, 0.3) is 0 Å². The van der Waals surface area contributed by atoms with Crippen molar-refractivity contribution in [1.82, 2.24) is 0 Å². The van der Waals surface area contributed by atoms with E-state index in [1.54, 1.807) is 7.11 Å². The zero-order valence-electron chi connectivity index (χ0n) is 7.58. The Morgan fingerprint density at radius 2 is 1.92 bits per heavy atom. The average Bonchev–Trinajstić information content (AvgIpc) is 2.44. The van der Waals surface area contributed by atoms with E-state index in [1.807, 2.05) is 0 Å². The van der Waals surface area contributed by atoms with Gasteiger partial charge in [-0.3, -0.25) is 0 Å². The first kappa shape index (κ1) is 7.81. The number of hydrogen-bond acceptors (Lipinski definition) is 1. The van der Waals surface area contributed by atoms with Gasteiger partial charge in [0.2, 0.25) is 0 Å². The molecule has 2 atom stereocenters. The van der Waals surface area contributed by atoms with Crippen LogP contribution in [0.4, 0.5) is 0 Å². The van der Waals surface area contributed by atoms with Crippen LogP contribution in [0.25, 0.3) is 0 Å². The van der Waals surface area contributed by atoms with Crippen LogP contribution in [0.5, 0.6) is 0 Å². The van der Waals surface area contributed by atoms with Gasteiger partial charge >= 0.3 is 0 Å². The summed E-state index contributed by atoms with van der Waals surface area (Å²) in [5.41, 5.74) is 2.84. The summed E-state index contributed by atoms with van der Waals surface area (Å²) in [5.74, 6) is 0.658. The molecule has 1 aromatic carbocycles. The number of ether oxygens (including phenoxy) is 1. The highest BCUT2D eigenvalue weighted by molar-refractivity contribution is 5.36. The lowest BCUT2D eigenvalue weighted by Gasteiger charge is -2.07. The van der Waals surface area contributed by atoms with Crippen LogP contribution in [0, 0.1) is 0 Å². The summed E-state index contributed by atoms with van der Waals surface area (Å²) in [4.78, 5) is 0. The Labute approximate surface area is 73.4 Å². The third-order valence-electron chi connectivity index (χ3n) is 2.73. The van der Waals surface area contributed by atoms with Gasteiger partial charge in [-0.05, 0) is 23.5 Å². The highest BCUT2D eigenvalue weighted by Crippen LogP contribution is 2.41. The first-order valence-corrected chi connectivity index (χ1v) is 4.44. The molecule has 0 unspecified atom stereocenters. The maximum absolute atomic E-state index is 5.41. The minimum absolute atomic E-state index is 0.330. The van der Waals surface area contributed by atoms with Gasteiger partial charge in [-0.2, -0.15) is 0 Å². The fourth-order valence-electron chi connectivity index (χ4n) is 2.05. The van der Waals surface area contributed by atoms with E-state index in [1.165, 1.54) is 11.1 Å². The summed E-state index contributed by atoms with van der Waals surface area (Å²) in [6, 6.07) is 8.57. The fourth-order valence-corrected chi connectivity index (χ4v) is 2.05. The Morgan fingerprint density at radius 3 is 2.58 bits per heavy atom. The fraction of sp³-hybridized carbons (Fsp3) is 0.455. The summed E-state index contributed by atoms with van der Waals surface area (Å²) >= 11 is 0. The maximum Gasteiger partial charge on any atom is 0.0829 e. The lowest BCUT2D eigenvalue weighted by atomic mass is 10.0. The van der Waals surface area contributed by atoms with E-state index in [4.69, 9.17) is 4.74 Å². The van der Waals surface area contributed by atoms with Crippen molar-refractivity contribution in [3.05, 3.63) is 35.4 Å². The molecular formula is C11H14O. The Morgan fingerprint density at radius 1 is 1.25 bits per heavy atom. The van der Waals surface area contributed by atoms with E-state index in [0.717, 1.165) is 6.42 Å². The first-order valence-electron chi connectivity index (χ1n) is 4.44. The molecule has 0 aromatic heterocycles. The van der Waals surface area contributed by atoms with Gasteiger partial charge in [0.1, 0.15) is 0 Å². The van der Waals surface area contributed by atoms with Gasteiger partial charge in [-0.25, -0.2) is 0 Å². The van der Waals surface area contributed by atoms with Crippen LogP contribution in [0.3, 0.4) is 0 Å². The zero-order valence-corrected chi connectivity index (χ0v) is 7.58. The normalized spacial score (nSPS) is 27.2. The van der Waals surface area contributed by atoms with Crippen LogP contribution in [0.2, 0.25) is 0 Å². The zero-order chi connectivity index (χ0) is 8.55. The second-order valence-electron chi connectivity index (χ2n) is 3.49. The van der Waals surface area contributed by atoms with Gasteiger partial charge in [-0.1, -0.05) is 31.2 Å². The molecule has 0 bridgehead atoms. The molecule has 0 aliphatic heterocycles. The highest BCUT2D eigenvalue weighted by atomic mass is 16.5. The molecule has 1 heteroatoms. The molecule has 1 nitrogen and oxygen atoms in total. The smallest absolute Gasteiger partial charge is 0.0829 e. The first-order chi connectivity index (χ1) is 5.83. The van der Waals surface area contributed by atoms with Crippen molar-refractivity contribution in [2.24, 2.45) is 0 Å². The highest BCUT2D eigenvalue weighted by Gasteiger charge is 2.26. The van der Waals surface area contributed by atoms with E-state index in [-0.39, 0.29) is 0 Å². The monoisotopic (exact) mass is 162 g/mol. The van der Waals surface area contributed by atoms with Crippen molar-refractivity contribution in [2.45, 2.75) is 25.4 Å². The van der Waals surface area contributed by atoms with Crippen molar-refractivity contribution in [3.63, 3.8) is 0 Å². The van der Waals surface area contributed by atoms with Crippen LogP contribution in [0.15, 0.2) is 24.3 Å². The van der Waals surface area contributed by atoms with Gasteiger partial charge in [0.15, 0.2) is 0 Å². The standard InChI is InChI=1S/C11H14O/c1-8-7-11(12-2)10-6-4-3-5-9(8)10/h3-6,8,11H,7H2,1-2H3/t8-,11+/m0/s1. The van der Waals surface area contributed by atoms with Crippen LogP contribution in [-0.4, -0.2) is 7.11 Å². The molecule has 0 radical (unpaired) electrons. The largest absolute Gasteiger partial charge is 0.377 e. The van der Waals surface area contributed by atoms with E-state index < -0.39 is 0 Å². The predicted molar refractivity (Wildman–Crippen MR) is 49.2 cm³/mol. The third kappa shape index (κ3) is 1.05. The molecule has 0 N–H and O–H groups in total. The topological polar surface area (TPSA) is 9.23 Å². The van der Waals surface area contributed by atoms with Crippen LogP contribution < -0.4 is 0 Å². The Hall–Kier alpha value is -0.820. The summed E-state index contributed by atoms with van der Waals surface area (Å²) in [5, 5.41) is 0. The summed E-state index contributed by atoms with van der Waals surface area (Å²) in [6.07, 6.45) is 1.46. The lowest BCUT2D eigenvalue weighted by molar-refractivity contribution is 0.101. The van der Waals surface area contributed by atoms with Gasteiger partial charge in [-0.15, -0.1) is 0 Å². The van der Waals surface area contributed by atoms with Gasteiger partial charge in [0, 0.05) is 7.11 Å². The van der Waals surface area contributed by atoms with E-state index in [2.05, 4.69) is 31.2 Å². The van der Waals surface area contributed by atoms with Gasteiger partial charge < -0.3 is 4.74 Å². The molecule has 1 aliphatic rings. The number of hydrogen-bond donors (Lipinski definition) is 0. The van der Waals surface area contributed by atoms with Crippen molar-refractivity contribution in [1.29, 1.82) is 0 Å². The quantitative estimate of drug-likeness (QED) is 0.617. The lowest BCUT2D eigenvalue weighted by Crippen LogP contribution is -1.94. The Bertz CT molecular complexity index is 280. The number of methoxy groups -OCH3 is 1. The molecule has 0 fully saturated rings. The second kappa shape index (κ2) is 2.91. The van der Waals surface area contributed by atoms with Crippen LogP contribution >= 0.6 is 0 Å². The SMILES string of the molecule is CO[C@@H]1C[C@H](C)c2ccccc21. The summed E-state index contributed by atoms with van der Waals surface area (Å²) in [7, 11) is 1.79. The van der Waals surface area contributed by atoms with Gasteiger partial charge in [0.05, 0.1) is 6.10 Å². The second-order valence-corrected chi connectivity index (χ2v) is 3.49. The van der Waals surface area contributed by atoms with E-state index in [0.29, 0.717) is 12.0 Å². The minimum atomic E-state index is 0.330. The molecule has 1 aromatic rings. The van der Waals surface area contributed by atoms with Crippen molar-refractivity contribution in [2.75, 3.05) is 7.11 Å². The number of rotatable bonds is 1. The molecule has 1 aliphatic carbocycles. The van der Waals surface area contributed by atoms with E-state index >= 15 is 0 Å². The molecule has 0 heterocycles. The van der Waals surface area contributed by atoms with Crippen molar-refractivity contribution in [3.8, 4) is 0 Å². The van der Waals surface area contributed by atoms with Crippen LogP contribution in [-0.2, 0) is 4.74 Å². The Balaban J connectivity index is 2.43. The van der Waals surface area contributed by atoms with Crippen molar-refractivity contribution < 1.29 is 4.74 Å². The van der Waals surface area contributed by atoms with Crippen LogP contribution in [0.1, 0.15) is 36.5 Å². The number of fused-ring (bicyclic) bond motifs is 1. The summed E-state index contributed by atoms with van der Waals surface area (Å²) < 4.78 is 5.41. The molecule has 2 rings (SSSR count).